The van der Waals surface area contributed by atoms with Crippen molar-refractivity contribution in [3.05, 3.63) is 65.2 Å². The predicted octanol–water partition coefficient (Wildman–Crippen LogP) is 4.12. The molecule has 2 atom stereocenters. The van der Waals surface area contributed by atoms with E-state index >= 15 is 0 Å². The van der Waals surface area contributed by atoms with Gasteiger partial charge in [-0.25, -0.2) is 0 Å². The van der Waals surface area contributed by atoms with Gasteiger partial charge in [-0.05, 0) is 49.4 Å². The van der Waals surface area contributed by atoms with Crippen LogP contribution < -0.4 is 10.1 Å². The number of carbonyl (C=O) groups is 2. The molecule has 0 aromatic heterocycles. The Hall–Kier alpha value is -2.82. The van der Waals surface area contributed by atoms with E-state index in [1.54, 1.807) is 0 Å². The van der Waals surface area contributed by atoms with Crippen LogP contribution in [-0.2, 0) is 22.6 Å². The van der Waals surface area contributed by atoms with Crippen molar-refractivity contribution in [2.75, 3.05) is 6.54 Å². The van der Waals surface area contributed by atoms with E-state index in [0.29, 0.717) is 32.4 Å². The molecule has 2 aromatic carbocycles. The minimum absolute atomic E-state index is 0.135. The van der Waals surface area contributed by atoms with E-state index in [2.05, 4.69) is 24.4 Å². The van der Waals surface area contributed by atoms with Gasteiger partial charge in [0.1, 0.15) is 12.4 Å². The van der Waals surface area contributed by atoms with E-state index in [1.807, 2.05) is 36.4 Å². The molecule has 1 saturated carbocycles. The van der Waals surface area contributed by atoms with Crippen molar-refractivity contribution in [2.45, 2.75) is 45.6 Å². The lowest BCUT2D eigenvalue weighted by Gasteiger charge is -2.27. The van der Waals surface area contributed by atoms with Gasteiger partial charge >= 0.3 is 5.97 Å². The van der Waals surface area contributed by atoms with Crippen molar-refractivity contribution < 1.29 is 19.4 Å². The van der Waals surface area contributed by atoms with E-state index in [4.69, 9.17) is 4.74 Å². The number of carboxylic acid groups (broad SMARTS) is 1. The fraction of sp³-hybridized carbons (Fsp3) is 0.417. The Morgan fingerprint density at radius 3 is 2.52 bits per heavy atom. The van der Waals surface area contributed by atoms with E-state index in [9.17, 15) is 14.7 Å². The topological polar surface area (TPSA) is 75.6 Å². The molecule has 1 aliphatic carbocycles. The summed E-state index contributed by atoms with van der Waals surface area (Å²) in [5.41, 5.74) is 3.41. The van der Waals surface area contributed by atoms with Crippen LogP contribution in [0.1, 0.15) is 42.4 Å². The summed E-state index contributed by atoms with van der Waals surface area (Å²) in [6.07, 6.45) is 3.73. The lowest BCUT2D eigenvalue weighted by Crippen LogP contribution is -2.40. The fourth-order valence-corrected chi connectivity index (χ4v) is 3.96. The average Bonchev–Trinajstić information content (AvgIpc) is 2.72. The van der Waals surface area contributed by atoms with E-state index in [-0.39, 0.29) is 5.91 Å². The molecule has 0 radical (unpaired) electrons. The van der Waals surface area contributed by atoms with Gasteiger partial charge in [-0.2, -0.15) is 0 Å². The summed E-state index contributed by atoms with van der Waals surface area (Å²) in [6.45, 7) is 3.06. The first kappa shape index (κ1) is 20.9. The molecular weight excluding hydrogens is 366 g/mol. The second-order valence-corrected chi connectivity index (χ2v) is 7.80. The minimum atomic E-state index is -0.858. The van der Waals surface area contributed by atoms with Crippen LogP contribution in [0.5, 0.6) is 5.75 Å². The number of rotatable bonds is 8. The van der Waals surface area contributed by atoms with E-state index < -0.39 is 17.8 Å². The Morgan fingerprint density at radius 2 is 1.76 bits per heavy atom. The van der Waals surface area contributed by atoms with E-state index in [1.165, 1.54) is 5.56 Å². The van der Waals surface area contributed by atoms with Gasteiger partial charge in [0.2, 0.25) is 5.91 Å². The zero-order valence-electron chi connectivity index (χ0n) is 16.9. The summed E-state index contributed by atoms with van der Waals surface area (Å²) in [6, 6.07) is 16.1. The van der Waals surface area contributed by atoms with Crippen molar-refractivity contribution in [2.24, 2.45) is 11.8 Å². The number of ether oxygens (including phenoxy) is 1. The highest BCUT2D eigenvalue weighted by Crippen LogP contribution is 2.30. The Balaban J connectivity index is 1.49. The molecule has 0 heterocycles. The molecule has 29 heavy (non-hydrogen) atoms. The van der Waals surface area contributed by atoms with Gasteiger partial charge in [0, 0.05) is 6.54 Å². The number of benzene rings is 2. The van der Waals surface area contributed by atoms with Gasteiger partial charge in [-0.1, -0.05) is 54.8 Å². The van der Waals surface area contributed by atoms with Gasteiger partial charge in [-0.3, -0.25) is 9.59 Å². The molecule has 3 rings (SSSR count). The summed E-state index contributed by atoms with van der Waals surface area (Å²) in [5, 5.41) is 12.3. The van der Waals surface area contributed by atoms with Gasteiger partial charge < -0.3 is 15.2 Å². The summed E-state index contributed by atoms with van der Waals surface area (Å²) < 4.78 is 5.90. The molecule has 0 bridgehead atoms. The standard InChI is InChI=1S/C24H29NO4/c1-17-6-4-8-19(14-17)16-29-20-9-5-7-18(15-20)12-13-25-23(26)21-10-2-3-11-22(21)24(27)28/h4-9,14-15,21-22H,2-3,10-13,16H2,1H3,(H,25,26)(H,27,28). The van der Waals surface area contributed by atoms with Crippen LogP contribution in [0.25, 0.3) is 0 Å². The van der Waals surface area contributed by atoms with Crippen molar-refractivity contribution in [3.8, 4) is 5.75 Å². The number of hydrogen-bond acceptors (Lipinski definition) is 3. The third-order valence-electron chi connectivity index (χ3n) is 5.52. The van der Waals surface area contributed by atoms with Crippen LogP contribution >= 0.6 is 0 Å². The smallest absolute Gasteiger partial charge is 0.307 e. The average molecular weight is 395 g/mol. The highest BCUT2D eigenvalue weighted by atomic mass is 16.5. The first-order valence-electron chi connectivity index (χ1n) is 10.3. The Morgan fingerprint density at radius 1 is 1.03 bits per heavy atom. The highest BCUT2D eigenvalue weighted by molar-refractivity contribution is 5.84. The first-order chi connectivity index (χ1) is 14.0. The third kappa shape index (κ3) is 6.08. The second kappa shape index (κ2) is 10.1. The van der Waals surface area contributed by atoms with Gasteiger partial charge in [-0.15, -0.1) is 0 Å². The third-order valence-corrected chi connectivity index (χ3v) is 5.52. The molecule has 2 unspecified atom stereocenters. The number of amides is 1. The van der Waals surface area contributed by atoms with Crippen LogP contribution in [-0.4, -0.2) is 23.5 Å². The van der Waals surface area contributed by atoms with Crippen LogP contribution in [0.3, 0.4) is 0 Å². The van der Waals surface area contributed by atoms with Gasteiger partial charge in [0.05, 0.1) is 11.8 Å². The first-order valence-corrected chi connectivity index (χ1v) is 10.3. The zero-order valence-corrected chi connectivity index (χ0v) is 16.9. The molecule has 0 aliphatic heterocycles. The SMILES string of the molecule is Cc1cccc(COc2cccc(CCNC(=O)C3CCCCC3C(=O)O)c2)c1. The Labute approximate surface area is 172 Å². The quantitative estimate of drug-likeness (QED) is 0.705. The number of carboxylic acids is 1. The maximum Gasteiger partial charge on any atom is 0.307 e. The maximum atomic E-state index is 12.5. The number of hydrogen-bond donors (Lipinski definition) is 2. The minimum Gasteiger partial charge on any atom is -0.489 e. The molecular formula is C24H29NO4. The summed E-state index contributed by atoms with van der Waals surface area (Å²) in [5.74, 6) is -1.16. The number of nitrogens with one attached hydrogen (secondary N) is 1. The number of carbonyl (C=O) groups excluding carboxylic acids is 1. The molecule has 0 spiro atoms. The van der Waals surface area contributed by atoms with Crippen molar-refractivity contribution in [1.29, 1.82) is 0 Å². The van der Waals surface area contributed by atoms with Crippen molar-refractivity contribution in [3.63, 3.8) is 0 Å². The largest absolute Gasteiger partial charge is 0.489 e. The molecule has 0 saturated heterocycles. The zero-order chi connectivity index (χ0) is 20.6. The lowest BCUT2D eigenvalue weighted by atomic mass is 9.78. The molecule has 2 aromatic rings. The van der Waals surface area contributed by atoms with Crippen molar-refractivity contribution in [1.82, 2.24) is 5.32 Å². The van der Waals surface area contributed by atoms with E-state index in [0.717, 1.165) is 29.7 Å². The summed E-state index contributed by atoms with van der Waals surface area (Å²) >= 11 is 0. The number of aryl methyl sites for hydroxylation is 1. The Kier molecular flexibility index (Phi) is 7.28. The normalized spacial score (nSPS) is 18.8. The molecule has 1 amide bonds. The maximum absolute atomic E-state index is 12.5. The van der Waals surface area contributed by atoms with Crippen LogP contribution in [0.4, 0.5) is 0 Å². The molecule has 154 valence electrons. The molecule has 5 heteroatoms. The number of aliphatic carboxylic acids is 1. The fourth-order valence-electron chi connectivity index (χ4n) is 3.96. The Bertz CT molecular complexity index is 848. The molecule has 2 N–H and O–H groups in total. The van der Waals surface area contributed by atoms with Gasteiger partial charge in [0.15, 0.2) is 0 Å². The molecule has 1 fully saturated rings. The monoisotopic (exact) mass is 395 g/mol. The molecule has 5 nitrogen and oxygen atoms in total. The summed E-state index contributed by atoms with van der Waals surface area (Å²) in [7, 11) is 0. The van der Waals surface area contributed by atoms with Crippen LogP contribution in [0.2, 0.25) is 0 Å². The van der Waals surface area contributed by atoms with Crippen LogP contribution in [0.15, 0.2) is 48.5 Å². The predicted molar refractivity (Wildman–Crippen MR) is 112 cm³/mol. The highest BCUT2D eigenvalue weighted by Gasteiger charge is 2.35. The van der Waals surface area contributed by atoms with Crippen LogP contribution in [0, 0.1) is 18.8 Å². The molecule has 1 aliphatic rings. The lowest BCUT2D eigenvalue weighted by molar-refractivity contribution is -0.148. The van der Waals surface area contributed by atoms with Crippen molar-refractivity contribution >= 4 is 11.9 Å². The second-order valence-electron chi connectivity index (χ2n) is 7.80. The van der Waals surface area contributed by atoms with Gasteiger partial charge in [0.25, 0.3) is 0 Å². The summed E-state index contributed by atoms with van der Waals surface area (Å²) in [4.78, 5) is 23.8.